The molecule has 3 aromatic carbocycles. The van der Waals surface area contributed by atoms with E-state index in [0.29, 0.717) is 5.56 Å². The van der Waals surface area contributed by atoms with E-state index in [0.717, 1.165) is 6.07 Å². The number of nitro groups is 1. The molecule has 3 aromatic rings. The largest absolute Gasteiger partial charge is 0.495 e. The normalized spacial score (nSPS) is 11.0. The fourth-order valence-electron chi connectivity index (χ4n) is 2.75. The molecule has 0 aliphatic rings. The zero-order chi connectivity index (χ0) is 23.5. The van der Waals surface area contributed by atoms with Crippen molar-refractivity contribution >= 4 is 33.0 Å². The third kappa shape index (κ3) is 5.01. The lowest BCUT2D eigenvalue weighted by Crippen LogP contribution is -2.15. The maximum absolute atomic E-state index is 13.6. The van der Waals surface area contributed by atoms with E-state index >= 15 is 0 Å². The number of ether oxygens (including phenoxy) is 1. The summed E-state index contributed by atoms with van der Waals surface area (Å²) in [5.74, 6) is -0.919. The molecule has 0 saturated carbocycles. The van der Waals surface area contributed by atoms with Gasteiger partial charge in [-0.15, -0.1) is 0 Å². The molecule has 0 aliphatic heterocycles. The van der Waals surface area contributed by atoms with Gasteiger partial charge in [0.05, 0.1) is 22.6 Å². The molecule has 3 rings (SSSR count). The number of rotatable bonds is 7. The summed E-state index contributed by atoms with van der Waals surface area (Å²) < 4.78 is 46.4. The summed E-state index contributed by atoms with van der Waals surface area (Å²) in [4.78, 5) is 22.5. The lowest BCUT2D eigenvalue weighted by molar-refractivity contribution is -0.384. The van der Waals surface area contributed by atoms with Gasteiger partial charge in [0.25, 0.3) is 21.6 Å². The van der Waals surface area contributed by atoms with Crippen LogP contribution in [0.25, 0.3) is 0 Å². The van der Waals surface area contributed by atoms with Crippen molar-refractivity contribution in [2.45, 2.75) is 11.8 Å². The Labute approximate surface area is 183 Å². The van der Waals surface area contributed by atoms with Gasteiger partial charge in [0, 0.05) is 23.4 Å². The maximum atomic E-state index is 13.6. The lowest BCUT2D eigenvalue weighted by atomic mass is 10.2. The van der Waals surface area contributed by atoms with Gasteiger partial charge in [0.15, 0.2) is 0 Å². The number of carbonyl (C=O) groups excluding carboxylic acids is 1. The third-order valence-electron chi connectivity index (χ3n) is 4.49. The number of aryl methyl sites for hydroxylation is 1. The minimum atomic E-state index is -4.13. The number of non-ortho nitro benzene ring substituents is 1. The fraction of sp³-hybridized carbons (Fsp3) is 0.0952. The first-order valence-electron chi connectivity index (χ1n) is 9.13. The average molecular weight is 459 g/mol. The molecule has 0 atom stereocenters. The molecular weight excluding hydrogens is 441 g/mol. The quantitative estimate of drug-likeness (QED) is 0.404. The number of sulfonamides is 1. The van der Waals surface area contributed by atoms with E-state index in [1.54, 1.807) is 13.0 Å². The van der Waals surface area contributed by atoms with Crippen molar-refractivity contribution in [3.63, 3.8) is 0 Å². The summed E-state index contributed by atoms with van der Waals surface area (Å²) in [6.07, 6.45) is 0. The van der Waals surface area contributed by atoms with Gasteiger partial charge in [-0.2, -0.15) is 0 Å². The van der Waals surface area contributed by atoms with Gasteiger partial charge in [-0.25, -0.2) is 12.8 Å². The Morgan fingerprint density at radius 1 is 1.06 bits per heavy atom. The van der Waals surface area contributed by atoms with Crippen molar-refractivity contribution in [1.29, 1.82) is 0 Å². The van der Waals surface area contributed by atoms with Crippen LogP contribution in [0.15, 0.2) is 65.6 Å². The van der Waals surface area contributed by atoms with Crippen LogP contribution in [0.5, 0.6) is 5.75 Å². The molecule has 0 bridgehead atoms. The Hall–Kier alpha value is -3.99. The first-order chi connectivity index (χ1) is 15.1. The first kappa shape index (κ1) is 22.7. The van der Waals surface area contributed by atoms with Crippen LogP contribution in [-0.2, 0) is 10.0 Å². The zero-order valence-corrected chi connectivity index (χ0v) is 17.8. The second kappa shape index (κ2) is 9.02. The Morgan fingerprint density at radius 3 is 2.34 bits per heavy atom. The second-order valence-electron chi connectivity index (χ2n) is 6.69. The smallest absolute Gasteiger partial charge is 0.271 e. The molecule has 11 heteroatoms. The predicted octanol–water partition coefficient (Wildman–Crippen LogP) is 4.10. The first-order valence-corrected chi connectivity index (χ1v) is 10.6. The molecule has 0 spiro atoms. The predicted molar refractivity (Wildman–Crippen MR) is 116 cm³/mol. The molecular formula is C21H18FN3O6S. The molecule has 9 nitrogen and oxygen atoms in total. The topological polar surface area (TPSA) is 128 Å². The zero-order valence-electron chi connectivity index (χ0n) is 17.0. The molecule has 0 aliphatic carbocycles. The molecule has 2 N–H and O–H groups in total. The van der Waals surface area contributed by atoms with Crippen LogP contribution in [-0.4, -0.2) is 26.4 Å². The number of hydrogen-bond acceptors (Lipinski definition) is 6. The summed E-state index contributed by atoms with van der Waals surface area (Å²) in [6.45, 7) is 1.59. The second-order valence-corrected chi connectivity index (χ2v) is 8.37. The van der Waals surface area contributed by atoms with Gasteiger partial charge in [0.1, 0.15) is 11.6 Å². The maximum Gasteiger partial charge on any atom is 0.271 e. The number of anilines is 2. The number of methoxy groups -OCH3 is 1. The Kier molecular flexibility index (Phi) is 6.40. The van der Waals surface area contributed by atoms with Gasteiger partial charge in [-0.3, -0.25) is 19.6 Å². The van der Waals surface area contributed by atoms with Crippen LogP contribution in [0.3, 0.4) is 0 Å². The van der Waals surface area contributed by atoms with E-state index in [1.165, 1.54) is 55.6 Å². The Balaban J connectivity index is 1.80. The van der Waals surface area contributed by atoms with E-state index in [2.05, 4.69) is 10.0 Å². The highest BCUT2D eigenvalue weighted by Crippen LogP contribution is 2.31. The average Bonchev–Trinajstić information content (AvgIpc) is 2.76. The minimum absolute atomic E-state index is 0.0977. The van der Waals surface area contributed by atoms with Crippen molar-refractivity contribution in [3.05, 3.63) is 87.7 Å². The summed E-state index contributed by atoms with van der Waals surface area (Å²) in [7, 11) is -2.84. The van der Waals surface area contributed by atoms with Gasteiger partial charge in [-0.05, 0) is 55.0 Å². The lowest BCUT2D eigenvalue weighted by Gasteiger charge is -2.12. The molecule has 0 fully saturated rings. The molecule has 0 radical (unpaired) electrons. The molecule has 32 heavy (non-hydrogen) atoms. The molecule has 0 saturated heterocycles. The number of nitrogens with one attached hydrogen (secondary N) is 2. The van der Waals surface area contributed by atoms with Crippen LogP contribution in [0.2, 0.25) is 0 Å². The minimum Gasteiger partial charge on any atom is -0.495 e. The standard InChI is InChI=1S/C21H18FN3O6S/c1-13-3-6-15(11-18(13)22)23-21(26)14-4-8-17(9-5-14)32(29,30)24-19-12-16(25(27)28)7-10-20(19)31-2/h3-12,24H,1-2H3,(H,23,26). The number of hydrogen-bond donors (Lipinski definition) is 2. The van der Waals surface area contributed by atoms with Crippen LogP contribution in [0.4, 0.5) is 21.5 Å². The van der Waals surface area contributed by atoms with E-state index in [1.807, 2.05) is 0 Å². The highest BCUT2D eigenvalue weighted by molar-refractivity contribution is 7.92. The number of nitrogens with zero attached hydrogens (tertiary/aromatic N) is 1. The monoisotopic (exact) mass is 459 g/mol. The van der Waals surface area contributed by atoms with Gasteiger partial charge in [0.2, 0.25) is 0 Å². The van der Waals surface area contributed by atoms with Crippen LogP contribution in [0, 0.1) is 22.9 Å². The highest BCUT2D eigenvalue weighted by Gasteiger charge is 2.20. The molecule has 166 valence electrons. The van der Waals surface area contributed by atoms with Gasteiger partial charge < -0.3 is 10.1 Å². The highest BCUT2D eigenvalue weighted by atomic mass is 32.2. The number of benzene rings is 3. The SMILES string of the molecule is COc1ccc([N+](=O)[O-])cc1NS(=O)(=O)c1ccc(C(=O)Nc2ccc(C)c(F)c2)cc1. The number of nitro benzene ring substituents is 1. The molecule has 0 unspecified atom stereocenters. The number of halogens is 1. The number of amides is 1. The summed E-state index contributed by atoms with van der Waals surface area (Å²) >= 11 is 0. The third-order valence-corrected chi connectivity index (χ3v) is 5.88. The summed E-state index contributed by atoms with van der Waals surface area (Å²) in [5.41, 5.74) is 0.422. The van der Waals surface area contributed by atoms with Crippen LogP contribution < -0.4 is 14.8 Å². The van der Waals surface area contributed by atoms with Crippen LogP contribution in [0.1, 0.15) is 15.9 Å². The van der Waals surface area contributed by atoms with Gasteiger partial charge >= 0.3 is 0 Å². The molecule has 0 aromatic heterocycles. The van der Waals surface area contributed by atoms with Crippen molar-refractivity contribution in [1.82, 2.24) is 0 Å². The van der Waals surface area contributed by atoms with E-state index in [4.69, 9.17) is 4.74 Å². The van der Waals surface area contributed by atoms with E-state index in [-0.39, 0.29) is 33.3 Å². The summed E-state index contributed by atoms with van der Waals surface area (Å²) in [5, 5.41) is 13.5. The molecule has 0 heterocycles. The van der Waals surface area contributed by atoms with Crippen molar-refractivity contribution < 1.29 is 27.3 Å². The summed E-state index contributed by atoms with van der Waals surface area (Å²) in [6, 6.07) is 12.7. The molecule has 1 amide bonds. The van der Waals surface area contributed by atoms with E-state index < -0.39 is 26.7 Å². The number of carbonyl (C=O) groups is 1. The Bertz CT molecular complexity index is 1290. The van der Waals surface area contributed by atoms with Gasteiger partial charge in [-0.1, -0.05) is 6.07 Å². The van der Waals surface area contributed by atoms with Crippen molar-refractivity contribution in [3.8, 4) is 5.75 Å². The van der Waals surface area contributed by atoms with Crippen molar-refractivity contribution in [2.75, 3.05) is 17.1 Å². The van der Waals surface area contributed by atoms with Crippen molar-refractivity contribution in [2.24, 2.45) is 0 Å². The fourth-order valence-corrected chi connectivity index (χ4v) is 3.81. The van der Waals surface area contributed by atoms with Crippen LogP contribution >= 0.6 is 0 Å². The van der Waals surface area contributed by atoms with E-state index in [9.17, 15) is 27.7 Å². The Morgan fingerprint density at radius 2 is 1.75 bits per heavy atom.